The average Bonchev–Trinajstić information content (AvgIpc) is 3.17. The topological polar surface area (TPSA) is 47.4 Å². The van der Waals surface area contributed by atoms with Gasteiger partial charge in [0.25, 0.3) is 0 Å². The average molecular weight is 387 g/mol. The van der Waals surface area contributed by atoms with Gasteiger partial charge in [-0.05, 0) is 39.1 Å². The maximum atomic E-state index is 14.3. The summed E-state index contributed by atoms with van der Waals surface area (Å²) >= 11 is 1.70. The minimum atomic E-state index is -0.334. The number of nitrogens with zero attached hydrogens (tertiary/aromatic N) is 3. The van der Waals surface area contributed by atoms with Crippen molar-refractivity contribution >= 4 is 17.3 Å². The SMILES string of the molecule is COC(=O)CN(C)Cc1cn(-c2ccccc2F)nc1-c1cc(C)sc1C. The van der Waals surface area contributed by atoms with Crippen LogP contribution in [0, 0.1) is 19.7 Å². The normalized spacial score (nSPS) is 11.2. The highest BCUT2D eigenvalue weighted by Gasteiger charge is 2.19. The van der Waals surface area contributed by atoms with E-state index in [0.29, 0.717) is 12.2 Å². The molecule has 0 fully saturated rings. The summed E-state index contributed by atoms with van der Waals surface area (Å²) in [6.45, 7) is 4.77. The molecule has 3 rings (SSSR count). The molecule has 0 N–H and O–H groups in total. The minimum Gasteiger partial charge on any atom is -0.468 e. The van der Waals surface area contributed by atoms with Gasteiger partial charge in [-0.3, -0.25) is 9.69 Å². The zero-order valence-corrected chi connectivity index (χ0v) is 16.6. The number of carbonyl (C=O) groups excluding carboxylic acids is 1. The fourth-order valence-electron chi connectivity index (χ4n) is 3.01. The number of esters is 1. The number of aromatic nitrogens is 2. The molecule has 0 saturated heterocycles. The van der Waals surface area contributed by atoms with Gasteiger partial charge in [0, 0.05) is 33.6 Å². The summed E-state index contributed by atoms with van der Waals surface area (Å²) < 4.78 is 20.6. The maximum Gasteiger partial charge on any atom is 0.319 e. The fourth-order valence-corrected chi connectivity index (χ4v) is 3.94. The minimum absolute atomic E-state index is 0.169. The Hall–Kier alpha value is -2.51. The summed E-state index contributed by atoms with van der Waals surface area (Å²) in [7, 11) is 3.21. The Labute approximate surface area is 162 Å². The van der Waals surface area contributed by atoms with Crippen LogP contribution >= 0.6 is 11.3 Å². The molecule has 0 atom stereocenters. The molecule has 5 nitrogen and oxygen atoms in total. The van der Waals surface area contributed by atoms with Crippen molar-refractivity contribution in [3.05, 3.63) is 57.7 Å². The van der Waals surface area contributed by atoms with E-state index in [9.17, 15) is 9.18 Å². The number of carbonyl (C=O) groups is 1. The predicted molar refractivity (Wildman–Crippen MR) is 105 cm³/mol. The van der Waals surface area contributed by atoms with Crippen molar-refractivity contribution in [2.45, 2.75) is 20.4 Å². The number of halogens is 1. The van der Waals surface area contributed by atoms with E-state index in [4.69, 9.17) is 4.74 Å². The van der Waals surface area contributed by atoms with Gasteiger partial charge < -0.3 is 4.74 Å². The Balaban J connectivity index is 2.03. The first-order valence-corrected chi connectivity index (χ1v) is 9.37. The lowest BCUT2D eigenvalue weighted by Gasteiger charge is -2.14. The summed E-state index contributed by atoms with van der Waals surface area (Å²) in [6, 6.07) is 8.64. The lowest BCUT2D eigenvalue weighted by molar-refractivity contribution is -0.141. The molecule has 7 heteroatoms. The number of methoxy groups -OCH3 is 1. The first kappa shape index (κ1) is 19.3. The van der Waals surface area contributed by atoms with Gasteiger partial charge >= 0.3 is 5.97 Å². The van der Waals surface area contributed by atoms with Crippen LogP contribution in [-0.2, 0) is 16.1 Å². The summed E-state index contributed by atoms with van der Waals surface area (Å²) in [4.78, 5) is 15.8. The molecule has 3 aromatic rings. The second kappa shape index (κ2) is 8.02. The van der Waals surface area contributed by atoms with E-state index in [1.165, 1.54) is 18.1 Å². The van der Waals surface area contributed by atoms with Crippen molar-refractivity contribution in [2.24, 2.45) is 0 Å². The van der Waals surface area contributed by atoms with Gasteiger partial charge in [-0.15, -0.1) is 11.3 Å². The second-order valence-electron chi connectivity index (χ2n) is 6.47. The first-order chi connectivity index (χ1) is 12.9. The van der Waals surface area contributed by atoms with E-state index >= 15 is 0 Å². The smallest absolute Gasteiger partial charge is 0.319 e. The third kappa shape index (κ3) is 4.26. The van der Waals surface area contributed by atoms with Crippen LogP contribution in [0.3, 0.4) is 0 Å². The van der Waals surface area contributed by atoms with Gasteiger partial charge in [0.2, 0.25) is 0 Å². The van der Waals surface area contributed by atoms with E-state index in [-0.39, 0.29) is 18.3 Å². The van der Waals surface area contributed by atoms with Crippen LogP contribution in [0.5, 0.6) is 0 Å². The van der Waals surface area contributed by atoms with Crippen LogP contribution in [0.15, 0.2) is 36.5 Å². The summed E-state index contributed by atoms with van der Waals surface area (Å²) in [5.74, 6) is -0.637. The van der Waals surface area contributed by atoms with Gasteiger partial charge in [0.05, 0.1) is 19.3 Å². The molecule has 142 valence electrons. The largest absolute Gasteiger partial charge is 0.468 e. The zero-order valence-electron chi connectivity index (χ0n) is 15.8. The monoisotopic (exact) mass is 387 g/mol. The molecule has 0 bridgehead atoms. The Morgan fingerprint density at radius 1 is 1.33 bits per heavy atom. The number of hydrogen-bond donors (Lipinski definition) is 0. The number of rotatable bonds is 6. The van der Waals surface area contributed by atoms with Crippen LogP contribution < -0.4 is 0 Å². The molecule has 2 heterocycles. The number of hydrogen-bond acceptors (Lipinski definition) is 5. The van der Waals surface area contributed by atoms with Crippen LogP contribution in [0.1, 0.15) is 15.3 Å². The molecule has 0 aliphatic rings. The molecule has 2 aromatic heterocycles. The fraction of sp³-hybridized carbons (Fsp3) is 0.300. The molecule has 0 aliphatic carbocycles. The highest BCUT2D eigenvalue weighted by molar-refractivity contribution is 7.12. The molecule has 0 saturated carbocycles. The molecular formula is C20H22FN3O2S. The van der Waals surface area contributed by atoms with E-state index in [0.717, 1.165) is 21.7 Å². The van der Waals surface area contributed by atoms with Gasteiger partial charge in [0.1, 0.15) is 11.5 Å². The maximum absolute atomic E-state index is 14.3. The number of likely N-dealkylation sites (N-methyl/N-ethyl adjacent to an activating group) is 1. The molecule has 0 unspecified atom stereocenters. The lowest BCUT2D eigenvalue weighted by Crippen LogP contribution is -2.26. The van der Waals surface area contributed by atoms with Crippen LogP contribution in [0.4, 0.5) is 4.39 Å². The highest BCUT2D eigenvalue weighted by atomic mass is 32.1. The van der Waals surface area contributed by atoms with Gasteiger partial charge in [-0.25, -0.2) is 9.07 Å². The predicted octanol–water partition coefficient (Wildman–Crippen LogP) is 3.96. The van der Waals surface area contributed by atoms with E-state index in [2.05, 4.69) is 25.0 Å². The van der Waals surface area contributed by atoms with E-state index in [1.54, 1.807) is 34.2 Å². The number of thiophene rings is 1. The van der Waals surface area contributed by atoms with Crippen molar-refractivity contribution in [1.29, 1.82) is 0 Å². The van der Waals surface area contributed by atoms with Crippen molar-refractivity contribution in [3.8, 4) is 16.9 Å². The highest BCUT2D eigenvalue weighted by Crippen LogP contribution is 2.33. The van der Waals surface area contributed by atoms with Crippen molar-refractivity contribution < 1.29 is 13.9 Å². The number of benzene rings is 1. The Morgan fingerprint density at radius 2 is 2.07 bits per heavy atom. The summed E-state index contributed by atoms with van der Waals surface area (Å²) in [5.41, 5.74) is 3.15. The molecule has 0 aliphatic heterocycles. The van der Waals surface area contributed by atoms with Gasteiger partial charge in [0.15, 0.2) is 0 Å². The molecule has 0 radical (unpaired) electrons. The number of para-hydroxylation sites is 1. The standard InChI is InChI=1S/C20H22FN3O2S/c1-13-9-16(14(2)27-13)20-15(10-23(3)12-19(25)26-4)11-24(22-20)18-8-6-5-7-17(18)21/h5-9,11H,10,12H2,1-4H3. The molecular weight excluding hydrogens is 365 g/mol. The molecule has 1 aromatic carbocycles. The van der Waals surface area contributed by atoms with Crippen LogP contribution in [-0.4, -0.2) is 41.4 Å². The third-order valence-corrected chi connectivity index (χ3v) is 5.22. The van der Waals surface area contributed by atoms with Crippen LogP contribution in [0.2, 0.25) is 0 Å². The molecule has 27 heavy (non-hydrogen) atoms. The van der Waals surface area contributed by atoms with E-state index in [1.807, 2.05) is 18.1 Å². The zero-order chi connectivity index (χ0) is 19.6. The molecule has 0 spiro atoms. The van der Waals surface area contributed by atoms with Crippen molar-refractivity contribution in [2.75, 3.05) is 20.7 Å². The summed E-state index contributed by atoms with van der Waals surface area (Å²) in [5, 5.41) is 4.68. The van der Waals surface area contributed by atoms with Crippen molar-refractivity contribution in [3.63, 3.8) is 0 Å². The Bertz CT molecular complexity index is 964. The Kier molecular flexibility index (Phi) is 5.72. The number of aryl methyl sites for hydroxylation is 2. The lowest BCUT2D eigenvalue weighted by atomic mass is 10.1. The van der Waals surface area contributed by atoms with Gasteiger partial charge in [-0.1, -0.05) is 12.1 Å². The first-order valence-electron chi connectivity index (χ1n) is 8.55. The Morgan fingerprint density at radius 3 is 2.70 bits per heavy atom. The van der Waals surface area contributed by atoms with Crippen LogP contribution in [0.25, 0.3) is 16.9 Å². The van der Waals surface area contributed by atoms with Crippen molar-refractivity contribution in [1.82, 2.24) is 14.7 Å². The quantitative estimate of drug-likeness (QED) is 0.601. The van der Waals surface area contributed by atoms with Gasteiger partial charge in [-0.2, -0.15) is 5.10 Å². The number of ether oxygens (including phenoxy) is 1. The molecule has 0 amide bonds. The third-order valence-electron chi connectivity index (χ3n) is 4.25. The summed E-state index contributed by atoms with van der Waals surface area (Å²) in [6.07, 6.45) is 1.83. The van der Waals surface area contributed by atoms with E-state index < -0.39 is 0 Å². The second-order valence-corrected chi connectivity index (χ2v) is 7.93.